The van der Waals surface area contributed by atoms with Crippen LogP contribution < -0.4 is 5.32 Å². The fourth-order valence-corrected chi connectivity index (χ4v) is 2.89. The van der Waals surface area contributed by atoms with Crippen molar-refractivity contribution >= 4 is 22.6 Å². The van der Waals surface area contributed by atoms with Gasteiger partial charge in [0.1, 0.15) is 5.82 Å². The van der Waals surface area contributed by atoms with E-state index in [0.717, 1.165) is 29.0 Å². The van der Waals surface area contributed by atoms with E-state index in [1.807, 2.05) is 18.2 Å². The molecule has 0 amide bonds. The number of hydrogen-bond acceptors (Lipinski definition) is 2. The van der Waals surface area contributed by atoms with Gasteiger partial charge < -0.3 is 9.88 Å². The van der Waals surface area contributed by atoms with Gasteiger partial charge in [-0.15, -0.1) is 0 Å². The second-order valence-corrected chi connectivity index (χ2v) is 5.24. The van der Waals surface area contributed by atoms with Crippen molar-refractivity contribution in [3.63, 3.8) is 0 Å². The van der Waals surface area contributed by atoms with E-state index in [0.29, 0.717) is 12.0 Å². The number of nitrogens with zero attached hydrogens (tertiary/aromatic N) is 2. The third kappa shape index (κ3) is 1.74. The quantitative estimate of drug-likeness (QED) is 0.842. The van der Waals surface area contributed by atoms with Gasteiger partial charge >= 0.3 is 0 Å². The Balaban J connectivity index is 2.14. The van der Waals surface area contributed by atoms with Gasteiger partial charge in [0, 0.05) is 24.0 Å². The van der Waals surface area contributed by atoms with Crippen LogP contribution in [0.25, 0.3) is 11.0 Å². The zero-order chi connectivity index (χ0) is 12.0. The molecule has 3 nitrogen and oxygen atoms in total. The highest BCUT2D eigenvalue weighted by Crippen LogP contribution is 2.29. The number of aromatic nitrogens is 2. The maximum atomic E-state index is 6.03. The van der Waals surface area contributed by atoms with Crippen LogP contribution in [0.4, 0.5) is 0 Å². The lowest BCUT2D eigenvalue weighted by molar-refractivity contribution is 0.554. The molecule has 1 aliphatic heterocycles. The van der Waals surface area contributed by atoms with Crippen molar-refractivity contribution < 1.29 is 0 Å². The lowest BCUT2D eigenvalue weighted by Gasteiger charge is -2.14. The van der Waals surface area contributed by atoms with Gasteiger partial charge in [0.2, 0.25) is 0 Å². The molecule has 90 valence electrons. The van der Waals surface area contributed by atoms with Crippen molar-refractivity contribution in [2.75, 3.05) is 6.54 Å². The summed E-state index contributed by atoms with van der Waals surface area (Å²) in [4.78, 5) is 4.75. The van der Waals surface area contributed by atoms with Crippen molar-refractivity contribution in [1.82, 2.24) is 14.9 Å². The van der Waals surface area contributed by atoms with Gasteiger partial charge in [-0.3, -0.25) is 0 Å². The second-order valence-electron chi connectivity index (χ2n) is 4.80. The van der Waals surface area contributed by atoms with Crippen LogP contribution in [-0.2, 0) is 7.05 Å². The minimum absolute atomic E-state index is 0.501. The smallest absolute Gasteiger partial charge is 0.114 e. The molecule has 4 heteroatoms. The zero-order valence-electron chi connectivity index (χ0n) is 10.1. The number of benzene rings is 1. The van der Waals surface area contributed by atoms with Crippen molar-refractivity contribution in [2.45, 2.75) is 25.3 Å². The maximum Gasteiger partial charge on any atom is 0.114 e. The normalized spacial score (nSPS) is 24.6. The van der Waals surface area contributed by atoms with E-state index in [2.05, 4.69) is 23.9 Å². The lowest BCUT2D eigenvalue weighted by atomic mass is 10.0. The molecule has 2 aromatic rings. The molecular weight excluding hydrogens is 234 g/mol. The Kier molecular flexibility index (Phi) is 2.60. The van der Waals surface area contributed by atoms with Crippen LogP contribution in [0.1, 0.15) is 25.1 Å². The molecule has 1 aromatic carbocycles. The predicted octanol–water partition coefficient (Wildman–Crippen LogP) is 2.69. The molecule has 17 heavy (non-hydrogen) atoms. The summed E-state index contributed by atoms with van der Waals surface area (Å²) < 4.78 is 2.18. The van der Waals surface area contributed by atoms with Gasteiger partial charge in [-0.05, 0) is 38.1 Å². The molecule has 0 bridgehead atoms. The number of halogens is 1. The first kappa shape index (κ1) is 11.1. The van der Waals surface area contributed by atoms with Crippen molar-refractivity contribution in [1.29, 1.82) is 0 Å². The van der Waals surface area contributed by atoms with Gasteiger partial charge in [0.25, 0.3) is 0 Å². The van der Waals surface area contributed by atoms with Crippen LogP contribution in [0.5, 0.6) is 0 Å². The Bertz CT molecular complexity index is 561. The summed E-state index contributed by atoms with van der Waals surface area (Å²) in [5.74, 6) is 1.67. The molecule has 1 aromatic heterocycles. The molecule has 2 heterocycles. The van der Waals surface area contributed by atoms with Gasteiger partial charge in [0.05, 0.1) is 11.0 Å². The molecule has 1 saturated heterocycles. The Morgan fingerprint density at radius 3 is 3.00 bits per heavy atom. The molecule has 1 aliphatic rings. The molecule has 3 rings (SSSR count). The zero-order valence-corrected chi connectivity index (χ0v) is 10.8. The molecule has 0 spiro atoms. The Hall–Kier alpha value is -1.06. The van der Waals surface area contributed by atoms with E-state index in [1.165, 1.54) is 5.82 Å². The summed E-state index contributed by atoms with van der Waals surface area (Å²) in [7, 11) is 2.08. The average molecular weight is 250 g/mol. The van der Waals surface area contributed by atoms with Gasteiger partial charge in [-0.2, -0.15) is 0 Å². The van der Waals surface area contributed by atoms with Crippen LogP contribution >= 0.6 is 11.6 Å². The summed E-state index contributed by atoms with van der Waals surface area (Å²) in [6.45, 7) is 3.31. The average Bonchev–Trinajstić information content (AvgIpc) is 2.84. The lowest BCUT2D eigenvalue weighted by Crippen LogP contribution is -2.23. The summed E-state index contributed by atoms with van der Waals surface area (Å²) in [6.07, 6.45) is 1.16. The van der Waals surface area contributed by atoms with Gasteiger partial charge in [0.15, 0.2) is 0 Å². The first-order valence-corrected chi connectivity index (χ1v) is 6.40. The number of nitrogens with one attached hydrogen (secondary N) is 1. The third-order valence-electron chi connectivity index (χ3n) is 3.73. The van der Waals surface area contributed by atoms with Crippen molar-refractivity contribution in [3.05, 3.63) is 29.0 Å². The van der Waals surface area contributed by atoms with Crippen LogP contribution in [0.2, 0.25) is 5.02 Å². The monoisotopic (exact) mass is 249 g/mol. The number of imidazole rings is 1. The first-order valence-electron chi connectivity index (χ1n) is 6.02. The summed E-state index contributed by atoms with van der Waals surface area (Å²) in [5, 5.41) is 4.24. The van der Waals surface area contributed by atoms with Crippen LogP contribution in [0, 0.1) is 0 Å². The van der Waals surface area contributed by atoms with E-state index in [-0.39, 0.29) is 0 Å². The van der Waals surface area contributed by atoms with E-state index >= 15 is 0 Å². The second kappa shape index (κ2) is 4.00. The summed E-state index contributed by atoms with van der Waals surface area (Å²) in [5.41, 5.74) is 2.15. The highest BCUT2D eigenvalue weighted by molar-refractivity contribution is 6.31. The minimum Gasteiger partial charge on any atom is -0.331 e. The summed E-state index contributed by atoms with van der Waals surface area (Å²) >= 11 is 6.03. The van der Waals surface area contributed by atoms with Crippen LogP contribution in [-0.4, -0.2) is 22.1 Å². The number of hydrogen-bond donors (Lipinski definition) is 1. The molecular formula is C13H16ClN3. The SMILES string of the molecule is CC1NCCC1c1nc2ccc(Cl)cc2n1C. The predicted molar refractivity (Wildman–Crippen MR) is 70.5 cm³/mol. The number of aryl methyl sites for hydroxylation is 1. The Morgan fingerprint density at radius 2 is 2.29 bits per heavy atom. The van der Waals surface area contributed by atoms with E-state index in [9.17, 15) is 0 Å². The van der Waals surface area contributed by atoms with Crippen molar-refractivity contribution in [2.24, 2.45) is 7.05 Å². The molecule has 2 atom stereocenters. The third-order valence-corrected chi connectivity index (χ3v) is 3.97. The minimum atomic E-state index is 0.501. The number of fused-ring (bicyclic) bond motifs is 1. The van der Waals surface area contributed by atoms with Crippen molar-refractivity contribution in [3.8, 4) is 0 Å². The first-order chi connectivity index (χ1) is 8.16. The molecule has 1 fully saturated rings. The Labute approximate surface area is 106 Å². The number of rotatable bonds is 1. The van der Waals surface area contributed by atoms with Gasteiger partial charge in [-0.1, -0.05) is 11.6 Å². The van der Waals surface area contributed by atoms with Crippen LogP contribution in [0.3, 0.4) is 0 Å². The molecule has 1 N–H and O–H groups in total. The van der Waals surface area contributed by atoms with Crippen LogP contribution in [0.15, 0.2) is 18.2 Å². The molecule has 0 aliphatic carbocycles. The maximum absolute atomic E-state index is 6.03. The molecule has 2 unspecified atom stereocenters. The largest absolute Gasteiger partial charge is 0.331 e. The standard InChI is InChI=1S/C13H16ClN3/c1-8-10(5-6-15-8)13-16-11-4-3-9(14)7-12(11)17(13)2/h3-4,7-8,10,15H,5-6H2,1-2H3. The highest BCUT2D eigenvalue weighted by Gasteiger charge is 2.28. The van der Waals surface area contributed by atoms with Gasteiger partial charge in [-0.25, -0.2) is 4.98 Å². The topological polar surface area (TPSA) is 29.9 Å². The fourth-order valence-electron chi connectivity index (χ4n) is 2.72. The van der Waals surface area contributed by atoms with E-state index < -0.39 is 0 Å². The fraction of sp³-hybridized carbons (Fsp3) is 0.462. The highest BCUT2D eigenvalue weighted by atomic mass is 35.5. The van der Waals surface area contributed by atoms with E-state index in [4.69, 9.17) is 16.6 Å². The molecule has 0 radical (unpaired) electrons. The Morgan fingerprint density at radius 1 is 1.47 bits per heavy atom. The summed E-state index contributed by atoms with van der Waals surface area (Å²) in [6, 6.07) is 6.38. The molecule has 0 saturated carbocycles. The van der Waals surface area contributed by atoms with E-state index in [1.54, 1.807) is 0 Å².